The van der Waals surface area contributed by atoms with E-state index in [2.05, 4.69) is 69.7 Å². The van der Waals surface area contributed by atoms with Gasteiger partial charge in [-0.1, -0.05) is 76.2 Å². The van der Waals surface area contributed by atoms with Gasteiger partial charge in [0.1, 0.15) is 6.04 Å². The first-order chi connectivity index (χ1) is 35.5. The summed E-state index contributed by atoms with van der Waals surface area (Å²) in [7, 11) is 1.69. The molecule has 0 aliphatic carbocycles. The van der Waals surface area contributed by atoms with Crippen molar-refractivity contribution in [3.63, 3.8) is 0 Å². The molecule has 4 amide bonds. The number of ether oxygens (including phenoxy) is 3. The Bertz CT molecular complexity index is 1650. The summed E-state index contributed by atoms with van der Waals surface area (Å²) < 4.78 is 16.7. The number of nitrogens with zero attached hydrogens (tertiary/aromatic N) is 4. The summed E-state index contributed by atoms with van der Waals surface area (Å²) in [4.78, 5) is 101. The van der Waals surface area contributed by atoms with Crippen LogP contribution >= 0.6 is 0 Å². The molecule has 0 radical (unpaired) electrons. The fourth-order valence-electron chi connectivity index (χ4n) is 7.66. The van der Waals surface area contributed by atoms with Crippen LogP contribution in [0, 0.1) is 21.7 Å². The summed E-state index contributed by atoms with van der Waals surface area (Å²) in [6, 6.07) is -1.10. The van der Waals surface area contributed by atoms with Gasteiger partial charge in [-0.15, -0.1) is 0 Å². The van der Waals surface area contributed by atoms with Crippen molar-refractivity contribution in [1.29, 1.82) is 0 Å². The number of methoxy groups -OCH3 is 1. The van der Waals surface area contributed by atoms with Crippen molar-refractivity contribution >= 4 is 48.0 Å². The van der Waals surface area contributed by atoms with Crippen LogP contribution in [-0.2, 0) is 52.6 Å². The lowest BCUT2D eigenvalue weighted by molar-refractivity contribution is -0.145. The van der Waals surface area contributed by atoms with Gasteiger partial charge in [0.15, 0.2) is 0 Å². The van der Waals surface area contributed by atoms with Crippen molar-refractivity contribution in [2.24, 2.45) is 21.7 Å². The molecule has 23 heteroatoms. The molecule has 1 aliphatic heterocycles. The van der Waals surface area contributed by atoms with Crippen LogP contribution in [0.5, 0.6) is 0 Å². The van der Waals surface area contributed by atoms with Crippen LogP contribution in [0.3, 0.4) is 0 Å². The van der Waals surface area contributed by atoms with E-state index in [4.69, 9.17) is 14.2 Å². The standard InChI is InChI=1S/C39H71N7O12.C12H25NO3.C2H6/c1-6-38(2,3)28-58-29-39(4,5)24-33(49)42-15-9-10-31(47)40-13-7-8-14-41-32(48)12-11-30(37(56)57)46-22-20-44(26-35(52)53)18-16-43(25-34(50)51)17-19-45(21-23-46)27-36(54)55;1-11(2,6-13-10-14)8-16-9-12(3,4)7-15-5;1-2/h30H,6-29H2,1-5H3,(H,40,47)(H,41,48)(H,42,49)(H,50,51)(H,52,53)(H,54,55)(H,56,57);10H,6-9H2,1-5H3,(H,13,14);1-2H3. The third kappa shape index (κ3) is 40.7. The lowest BCUT2D eigenvalue weighted by Gasteiger charge is -2.35. The molecule has 1 fully saturated rings. The van der Waals surface area contributed by atoms with Gasteiger partial charge in [-0.05, 0) is 42.9 Å². The summed E-state index contributed by atoms with van der Waals surface area (Å²) >= 11 is 0. The second-order valence-corrected chi connectivity index (χ2v) is 22.4. The molecule has 1 rings (SSSR count). The maximum Gasteiger partial charge on any atom is 0.320 e. The Hall–Kier alpha value is -4.52. The van der Waals surface area contributed by atoms with E-state index in [-0.39, 0.29) is 131 Å². The Morgan fingerprint density at radius 2 is 0.934 bits per heavy atom. The molecule has 1 heterocycles. The molecule has 76 heavy (non-hydrogen) atoms. The van der Waals surface area contributed by atoms with Crippen molar-refractivity contribution in [2.45, 2.75) is 134 Å². The minimum atomic E-state index is -1.17. The number of aliphatic carboxylic acids is 4. The second-order valence-electron chi connectivity index (χ2n) is 22.4. The third-order valence-electron chi connectivity index (χ3n) is 12.2. The third-order valence-corrected chi connectivity index (χ3v) is 12.2. The highest BCUT2D eigenvalue weighted by atomic mass is 16.5. The molecule has 1 saturated heterocycles. The Morgan fingerprint density at radius 3 is 1.36 bits per heavy atom. The topological polar surface area (TPSA) is 306 Å². The van der Waals surface area contributed by atoms with E-state index in [1.165, 1.54) is 0 Å². The monoisotopic (exact) mass is 1090 g/mol. The van der Waals surface area contributed by atoms with Crippen molar-refractivity contribution < 1.29 is 73.0 Å². The number of unbranched alkanes of at least 4 members (excludes halogenated alkanes) is 1. The first-order valence-electron chi connectivity index (χ1n) is 27.0. The number of carboxylic acids is 4. The SMILES string of the molecule is CC.CCC(C)(C)COCC(C)(C)CC(=O)NCCCC(=O)NCCCCNC(=O)CCC(C(=O)O)N1CCN(CC(=O)O)CCN(CC(=O)O)CCN(CC(=O)O)CC1.COCC(C)(C)COCC(C)(C)CNC=O. The number of rotatable bonds is 36. The summed E-state index contributed by atoms with van der Waals surface area (Å²) in [6.07, 6.45) is 3.86. The van der Waals surface area contributed by atoms with Gasteiger partial charge in [0.05, 0.1) is 52.7 Å². The van der Waals surface area contributed by atoms with Crippen molar-refractivity contribution in [2.75, 3.05) is 138 Å². The van der Waals surface area contributed by atoms with Gasteiger partial charge in [-0.2, -0.15) is 0 Å². The number of nitrogens with one attached hydrogen (secondary N) is 4. The number of carbonyl (C=O) groups is 8. The molecule has 1 unspecified atom stereocenters. The zero-order valence-electron chi connectivity index (χ0n) is 48.5. The van der Waals surface area contributed by atoms with Gasteiger partial charge in [-0.3, -0.25) is 58.0 Å². The summed E-state index contributed by atoms with van der Waals surface area (Å²) in [5, 5.41) is 49.6. The van der Waals surface area contributed by atoms with Gasteiger partial charge in [0.25, 0.3) is 0 Å². The van der Waals surface area contributed by atoms with E-state index in [1.54, 1.807) is 26.7 Å². The van der Waals surface area contributed by atoms with Gasteiger partial charge < -0.3 is 55.9 Å². The summed E-state index contributed by atoms with van der Waals surface area (Å²) in [6.45, 7) is 28.0. The molecule has 8 N–H and O–H groups in total. The van der Waals surface area contributed by atoms with E-state index in [1.807, 2.05) is 27.7 Å². The summed E-state index contributed by atoms with van der Waals surface area (Å²) in [5.74, 6) is -4.98. The van der Waals surface area contributed by atoms with Crippen LogP contribution in [0.15, 0.2) is 0 Å². The van der Waals surface area contributed by atoms with E-state index < -0.39 is 29.9 Å². The molecule has 0 spiro atoms. The molecule has 0 bridgehead atoms. The Morgan fingerprint density at radius 1 is 0.539 bits per heavy atom. The lowest BCUT2D eigenvalue weighted by atomic mass is 9.89. The van der Waals surface area contributed by atoms with Crippen LogP contribution in [-0.4, -0.2) is 232 Å². The molecule has 1 atom stereocenters. The van der Waals surface area contributed by atoms with E-state index >= 15 is 0 Å². The molecular weight excluding hydrogens is 989 g/mol. The number of carbonyl (C=O) groups excluding carboxylic acids is 4. The van der Waals surface area contributed by atoms with Gasteiger partial charge in [0, 0.05) is 116 Å². The first-order valence-corrected chi connectivity index (χ1v) is 27.0. The highest BCUT2D eigenvalue weighted by Crippen LogP contribution is 2.25. The fraction of sp³-hybridized carbons (Fsp3) is 0.849. The van der Waals surface area contributed by atoms with Crippen LogP contribution in [0.25, 0.3) is 0 Å². The predicted molar refractivity (Wildman–Crippen MR) is 291 cm³/mol. The average Bonchev–Trinajstić information content (AvgIpc) is 3.31. The smallest absolute Gasteiger partial charge is 0.320 e. The van der Waals surface area contributed by atoms with E-state index in [9.17, 15) is 58.8 Å². The normalized spacial score (nSPS) is 15.2. The minimum Gasteiger partial charge on any atom is -0.480 e. The number of amides is 4. The van der Waals surface area contributed by atoms with Crippen molar-refractivity contribution in [1.82, 2.24) is 40.9 Å². The first kappa shape index (κ1) is 73.6. The fourth-order valence-corrected chi connectivity index (χ4v) is 7.66. The maximum atomic E-state index is 12.7. The van der Waals surface area contributed by atoms with Crippen molar-refractivity contribution in [3.05, 3.63) is 0 Å². The maximum absolute atomic E-state index is 12.7. The largest absolute Gasteiger partial charge is 0.480 e. The lowest BCUT2D eigenvalue weighted by Crippen LogP contribution is -2.52. The molecule has 1 aliphatic rings. The molecule has 23 nitrogen and oxygen atoms in total. The Labute approximate surface area is 454 Å². The molecule has 0 aromatic heterocycles. The van der Waals surface area contributed by atoms with Gasteiger partial charge >= 0.3 is 23.9 Å². The van der Waals surface area contributed by atoms with Gasteiger partial charge in [-0.25, -0.2) is 0 Å². The average molecular weight is 1090 g/mol. The van der Waals surface area contributed by atoms with Crippen LogP contribution in [0.4, 0.5) is 0 Å². The zero-order valence-corrected chi connectivity index (χ0v) is 48.5. The minimum absolute atomic E-state index is 0.0307. The number of hydrogen-bond acceptors (Lipinski definition) is 15. The molecular formula is C53H102N8O15. The van der Waals surface area contributed by atoms with Crippen LogP contribution in [0.1, 0.15) is 128 Å². The highest BCUT2D eigenvalue weighted by Gasteiger charge is 2.29. The summed E-state index contributed by atoms with van der Waals surface area (Å²) in [5.41, 5.74) is -0.221. The van der Waals surface area contributed by atoms with Crippen LogP contribution < -0.4 is 21.3 Å². The molecule has 444 valence electrons. The van der Waals surface area contributed by atoms with Crippen LogP contribution in [0.2, 0.25) is 0 Å². The van der Waals surface area contributed by atoms with Crippen molar-refractivity contribution in [3.8, 4) is 0 Å². The van der Waals surface area contributed by atoms with E-state index in [0.717, 1.165) is 12.8 Å². The number of hydrogen-bond donors (Lipinski definition) is 8. The zero-order chi connectivity index (χ0) is 58.4. The Balaban J connectivity index is 0. The number of carboxylic acid groups (broad SMARTS) is 4. The molecule has 0 aromatic carbocycles. The Kier molecular flexibility index (Phi) is 39.3. The quantitative estimate of drug-likeness (QED) is 0.0330. The highest BCUT2D eigenvalue weighted by molar-refractivity contribution is 5.79. The second kappa shape index (κ2) is 40.7. The molecule has 0 aromatic rings. The van der Waals surface area contributed by atoms with Gasteiger partial charge in [0.2, 0.25) is 24.1 Å². The molecule has 0 saturated carbocycles. The van der Waals surface area contributed by atoms with E-state index in [0.29, 0.717) is 84.9 Å². The predicted octanol–water partition coefficient (Wildman–Crippen LogP) is 2.95.